The SMILES string of the molecule is C=C1C[C@@H](CO[Si](C)(C)C(C)(C)C)N(C(=O)c2cc(OC)c(OCCCCCOc3cc(NC(=O)OC(C)(C)C)c(C(=O)N4CC(=C)C[C@H]4CO)cc3OC)cc2NC(=O)OCc2ccc(O[C@@H]3O[C@H](C(=O)OC)[C@@H](OC(C)=O)[C@H](OC(C)=O)[C@H]3OC(C)=O)c(C(=O)NCCOCCON)c2)C1. The molecular formula is C70H98N6O25Si. The lowest BCUT2D eigenvalue weighted by atomic mass is 9.97. The van der Waals surface area contributed by atoms with Crippen molar-refractivity contribution in [2.45, 2.75) is 168 Å². The molecule has 31 nitrogen and oxygen atoms in total. The number of nitrogens with one attached hydrogen (secondary N) is 3. The Kier molecular flexibility index (Phi) is 29.9. The van der Waals surface area contributed by atoms with Gasteiger partial charge in [-0.2, -0.15) is 0 Å². The molecule has 32 heteroatoms. The van der Waals surface area contributed by atoms with Crippen LogP contribution in [0.25, 0.3) is 0 Å². The number of nitrogens with two attached hydrogens (primary N) is 1. The second-order valence-electron chi connectivity index (χ2n) is 26.9. The molecule has 3 aliphatic heterocycles. The van der Waals surface area contributed by atoms with Gasteiger partial charge in [-0.15, -0.1) is 0 Å². The summed E-state index contributed by atoms with van der Waals surface area (Å²) < 4.78 is 80.9. The summed E-state index contributed by atoms with van der Waals surface area (Å²) in [7, 11) is 1.54. The molecular weight excluding hydrogens is 1350 g/mol. The molecule has 3 heterocycles. The van der Waals surface area contributed by atoms with Gasteiger partial charge in [0.05, 0.1) is 108 Å². The van der Waals surface area contributed by atoms with Crippen molar-refractivity contribution in [2.75, 3.05) is 97.8 Å². The zero-order chi connectivity index (χ0) is 75.4. The summed E-state index contributed by atoms with van der Waals surface area (Å²) in [4.78, 5) is 129. The fraction of sp³-hybridized carbons (Fsp3) is 0.557. The van der Waals surface area contributed by atoms with Crippen molar-refractivity contribution >= 4 is 73.5 Å². The number of hydrogen-bond donors (Lipinski definition) is 5. The molecule has 3 aliphatic rings. The molecule has 0 saturated carbocycles. The van der Waals surface area contributed by atoms with E-state index in [1.807, 2.05) is 0 Å². The number of carbonyl (C=O) groups excluding carboxylic acids is 9. The van der Waals surface area contributed by atoms with Gasteiger partial charge in [0.25, 0.3) is 17.7 Å². The third-order valence-corrected chi connectivity index (χ3v) is 21.3. The summed E-state index contributed by atoms with van der Waals surface area (Å²) in [5.74, 6) is -0.0338. The fourth-order valence-electron chi connectivity index (χ4n) is 10.8. The van der Waals surface area contributed by atoms with Crippen LogP contribution in [0.1, 0.15) is 131 Å². The monoisotopic (exact) mass is 1450 g/mol. The van der Waals surface area contributed by atoms with E-state index in [2.05, 4.69) is 67.8 Å². The zero-order valence-electron chi connectivity index (χ0n) is 60.5. The summed E-state index contributed by atoms with van der Waals surface area (Å²) in [6, 6.07) is 8.94. The summed E-state index contributed by atoms with van der Waals surface area (Å²) in [6.45, 7) is 27.2. The first-order valence-corrected chi connectivity index (χ1v) is 36.1. The lowest BCUT2D eigenvalue weighted by Crippen LogP contribution is -2.64. The van der Waals surface area contributed by atoms with Gasteiger partial charge in [-0.25, -0.2) is 20.3 Å². The average Bonchev–Trinajstić information content (AvgIpc) is 1.04. The minimum Gasteiger partial charge on any atom is -0.493 e. The normalized spacial score (nSPS) is 19.0. The fourth-order valence-corrected chi connectivity index (χ4v) is 11.9. The molecule has 3 saturated heterocycles. The first kappa shape index (κ1) is 81.9. The molecule has 6 N–H and O–H groups in total. The number of aliphatic hydroxyl groups excluding tert-OH is 1. The van der Waals surface area contributed by atoms with Crippen molar-refractivity contribution in [1.29, 1.82) is 0 Å². The van der Waals surface area contributed by atoms with Crippen molar-refractivity contribution in [3.05, 3.63) is 89.0 Å². The highest BCUT2D eigenvalue weighted by Gasteiger charge is 2.56. The third-order valence-electron chi connectivity index (χ3n) is 16.8. The number of carbonyl (C=O) groups is 9. The lowest BCUT2D eigenvalue weighted by molar-refractivity contribution is -0.282. The maximum Gasteiger partial charge on any atom is 0.412 e. The highest BCUT2D eigenvalue weighted by Crippen LogP contribution is 2.41. The third kappa shape index (κ3) is 23.0. The molecule has 5 amide bonds. The standard InChI is InChI=1S/C70H98N6O25Si/c1-40-28-46(37-77)75(35-40)63(82)49-32-55(88-13)57(34-52(49)74-68(86)101-69(6,7)8)92-24-19-17-18-23-91-56-33-51(48(31-54(56)87-12)64(83)76-36-41(2)29-47(76)39-95-102(15,16)70(9,10)11)73-67(85)93-38-45-20-21-53(50(30-45)62(81)72-22-25-90-26-27-94-71)99-66-61(98-44(5)80)59(97-43(4)79)58(96-42(3)78)60(100-66)65(84)89-14/h20-21,30-34,46-47,58-61,66,77H,1-2,17-19,22-29,35-39,71H2,3-16H3,(H,72,81)(H,73,85)(H,74,86)/t46-,47-,58-,59-,60-,61+,66+/m0/s1. The van der Waals surface area contributed by atoms with Gasteiger partial charge >= 0.3 is 36.1 Å². The molecule has 102 heavy (non-hydrogen) atoms. The number of hydrogen-bond acceptors (Lipinski definition) is 26. The van der Waals surface area contributed by atoms with Crippen LogP contribution < -0.4 is 45.5 Å². The Morgan fingerprint density at radius 3 is 1.71 bits per heavy atom. The molecule has 0 aromatic heterocycles. The zero-order valence-corrected chi connectivity index (χ0v) is 61.5. The summed E-state index contributed by atoms with van der Waals surface area (Å²) >= 11 is 0. The van der Waals surface area contributed by atoms with Gasteiger partial charge in [-0.1, -0.05) is 51.1 Å². The van der Waals surface area contributed by atoms with Crippen molar-refractivity contribution in [2.24, 2.45) is 5.90 Å². The Balaban J connectivity index is 1.26. The van der Waals surface area contributed by atoms with Crippen LogP contribution in [0.5, 0.6) is 28.7 Å². The van der Waals surface area contributed by atoms with Gasteiger partial charge in [0.1, 0.15) is 18.0 Å². The largest absolute Gasteiger partial charge is 0.493 e. The van der Waals surface area contributed by atoms with E-state index >= 15 is 4.79 Å². The van der Waals surface area contributed by atoms with Gasteiger partial charge in [-0.3, -0.25) is 39.4 Å². The van der Waals surface area contributed by atoms with Crippen LogP contribution in [0.15, 0.2) is 66.8 Å². The number of methoxy groups -OCH3 is 3. The molecule has 3 aromatic carbocycles. The van der Waals surface area contributed by atoms with Crippen molar-refractivity contribution in [1.82, 2.24) is 15.1 Å². The number of ether oxygens (including phenoxy) is 13. The molecule has 562 valence electrons. The Morgan fingerprint density at radius 2 is 1.19 bits per heavy atom. The predicted molar refractivity (Wildman–Crippen MR) is 370 cm³/mol. The summed E-state index contributed by atoms with van der Waals surface area (Å²) in [6.07, 6.45) is -8.34. The Hall–Kier alpha value is -9.05. The quantitative estimate of drug-likeness (QED) is 0.00973. The topological polar surface area (TPSA) is 381 Å². The van der Waals surface area contributed by atoms with Gasteiger partial charge in [0.15, 0.2) is 49.6 Å². The molecule has 6 rings (SSSR count). The highest BCUT2D eigenvalue weighted by molar-refractivity contribution is 6.74. The van der Waals surface area contributed by atoms with E-state index in [9.17, 15) is 43.5 Å². The summed E-state index contributed by atoms with van der Waals surface area (Å²) in [5.41, 5.74) is 0.844. The van der Waals surface area contributed by atoms with Gasteiger partial charge < -0.3 is 91.1 Å². The molecule has 0 unspecified atom stereocenters. The van der Waals surface area contributed by atoms with E-state index in [4.69, 9.17) is 71.9 Å². The smallest absolute Gasteiger partial charge is 0.412 e. The number of unbranched alkanes of at least 4 members (excludes halogenated alkanes) is 2. The van der Waals surface area contributed by atoms with Crippen LogP contribution in [-0.2, 0) is 72.9 Å². The van der Waals surface area contributed by atoms with E-state index < -0.39 is 117 Å². The predicted octanol–water partition coefficient (Wildman–Crippen LogP) is 7.69. The maximum atomic E-state index is 15.0. The number of likely N-dealkylation sites (tertiary alicyclic amines) is 2. The van der Waals surface area contributed by atoms with E-state index in [0.717, 1.165) is 39.0 Å². The molecule has 3 aromatic rings. The number of benzene rings is 3. The Bertz CT molecular complexity index is 3520. The minimum atomic E-state index is -2.30. The van der Waals surface area contributed by atoms with Gasteiger partial charge in [0.2, 0.25) is 12.4 Å². The Labute approximate surface area is 594 Å². The second kappa shape index (κ2) is 37.2. The van der Waals surface area contributed by atoms with Crippen LogP contribution in [0.2, 0.25) is 18.1 Å². The molecule has 0 radical (unpaired) electrons. The van der Waals surface area contributed by atoms with E-state index in [-0.39, 0.29) is 133 Å². The Morgan fingerprint density at radius 1 is 0.647 bits per heavy atom. The van der Waals surface area contributed by atoms with Crippen LogP contribution in [-0.4, -0.2) is 213 Å². The number of rotatable bonds is 33. The molecule has 7 atom stereocenters. The number of aliphatic hydroxyl groups is 1. The number of nitrogens with zero attached hydrogens (tertiary/aromatic N) is 2. The molecule has 0 bridgehead atoms. The average molecular weight is 1450 g/mol. The van der Waals surface area contributed by atoms with Gasteiger partial charge in [-0.05, 0) is 101 Å². The maximum absolute atomic E-state index is 15.0. The van der Waals surface area contributed by atoms with E-state index in [1.165, 1.54) is 61.6 Å². The number of esters is 4. The summed E-state index contributed by atoms with van der Waals surface area (Å²) in [5, 5.41) is 18.1. The second-order valence-corrected chi connectivity index (χ2v) is 31.7. The van der Waals surface area contributed by atoms with Crippen LogP contribution in [0, 0.1) is 0 Å². The molecule has 3 fully saturated rings. The lowest BCUT2D eigenvalue weighted by Gasteiger charge is -2.43. The first-order chi connectivity index (χ1) is 48.1. The van der Waals surface area contributed by atoms with Crippen LogP contribution in [0.3, 0.4) is 0 Å². The van der Waals surface area contributed by atoms with Crippen LogP contribution in [0.4, 0.5) is 21.0 Å². The molecule has 0 spiro atoms. The minimum absolute atomic E-state index is 0.00146. The van der Waals surface area contributed by atoms with Crippen molar-refractivity contribution < 1.29 is 119 Å². The first-order valence-electron chi connectivity index (χ1n) is 33.2. The van der Waals surface area contributed by atoms with E-state index in [0.29, 0.717) is 32.1 Å². The van der Waals surface area contributed by atoms with Gasteiger partial charge in [0, 0.05) is 52.5 Å². The number of amides is 5. The van der Waals surface area contributed by atoms with Crippen molar-refractivity contribution in [3.8, 4) is 28.7 Å². The van der Waals surface area contributed by atoms with Crippen molar-refractivity contribution in [3.63, 3.8) is 0 Å². The molecule has 0 aliphatic carbocycles. The highest BCUT2D eigenvalue weighted by atomic mass is 28.4. The number of anilines is 2. The van der Waals surface area contributed by atoms with Crippen LogP contribution >= 0.6 is 0 Å². The van der Waals surface area contributed by atoms with E-state index in [1.54, 1.807) is 25.7 Å².